The average molecular weight is 287 g/mol. The Hall–Kier alpha value is -1.32. The lowest BCUT2D eigenvalue weighted by Gasteiger charge is -2.13. The SMILES string of the molecule is CC(C)CNCc1cccc2ccn(CCCN(C)C)c12. The maximum absolute atomic E-state index is 3.56. The Morgan fingerprint density at radius 2 is 2.00 bits per heavy atom. The number of fused-ring (bicyclic) bond motifs is 1. The number of para-hydroxylation sites is 1. The summed E-state index contributed by atoms with van der Waals surface area (Å²) in [5.74, 6) is 0.691. The number of hydrogen-bond acceptors (Lipinski definition) is 2. The van der Waals surface area contributed by atoms with Gasteiger partial charge in [0.2, 0.25) is 0 Å². The molecule has 1 aromatic heterocycles. The topological polar surface area (TPSA) is 20.2 Å². The average Bonchev–Trinajstić information content (AvgIpc) is 2.82. The normalized spacial score (nSPS) is 11.9. The van der Waals surface area contributed by atoms with Crippen molar-refractivity contribution in [3.05, 3.63) is 36.0 Å². The Labute approximate surface area is 128 Å². The molecular weight excluding hydrogens is 258 g/mol. The van der Waals surface area contributed by atoms with E-state index in [-0.39, 0.29) is 0 Å². The van der Waals surface area contributed by atoms with Crippen LogP contribution in [0.2, 0.25) is 0 Å². The van der Waals surface area contributed by atoms with Gasteiger partial charge in [0.15, 0.2) is 0 Å². The van der Waals surface area contributed by atoms with Crippen LogP contribution in [-0.2, 0) is 13.1 Å². The van der Waals surface area contributed by atoms with Crippen LogP contribution < -0.4 is 5.32 Å². The van der Waals surface area contributed by atoms with E-state index < -0.39 is 0 Å². The molecule has 0 spiro atoms. The molecule has 0 bridgehead atoms. The van der Waals surface area contributed by atoms with Crippen molar-refractivity contribution in [3.8, 4) is 0 Å². The molecule has 21 heavy (non-hydrogen) atoms. The minimum atomic E-state index is 0.691. The molecule has 0 aliphatic rings. The third-order valence-corrected chi connectivity index (χ3v) is 3.74. The van der Waals surface area contributed by atoms with E-state index in [1.807, 2.05) is 0 Å². The molecule has 0 saturated heterocycles. The number of nitrogens with zero attached hydrogens (tertiary/aromatic N) is 2. The van der Waals surface area contributed by atoms with Gasteiger partial charge in [0.1, 0.15) is 0 Å². The number of benzene rings is 1. The van der Waals surface area contributed by atoms with E-state index in [0.29, 0.717) is 5.92 Å². The van der Waals surface area contributed by atoms with E-state index in [1.165, 1.54) is 22.9 Å². The maximum Gasteiger partial charge on any atom is 0.0525 e. The van der Waals surface area contributed by atoms with Crippen molar-refractivity contribution in [2.24, 2.45) is 5.92 Å². The molecule has 2 aromatic rings. The summed E-state index contributed by atoms with van der Waals surface area (Å²) < 4.78 is 2.41. The summed E-state index contributed by atoms with van der Waals surface area (Å²) in [4.78, 5) is 2.25. The van der Waals surface area contributed by atoms with Gasteiger partial charge in [-0.25, -0.2) is 0 Å². The number of aromatic nitrogens is 1. The van der Waals surface area contributed by atoms with Crippen LogP contribution in [0.4, 0.5) is 0 Å². The first kappa shape index (κ1) is 16.1. The van der Waals surface area contributed by atoms with Crippen molar-refractivity contribution in [3.63, 3.8) is 0 Å². The first-order valence-corrected chi connectivity index (χ1v) is 8.00. The fraction of sp³-hybridized carbons (Fsp3) is 0.556. The molecule has 0 saturated carbocycles. The first-order chi connectivity index (χ1) is 10.1. The highest BCUT2D eigenvalue weighted by Crippen LogP contribution is 2.21. The van der Waals surface area contributed by atoms with E-state index in [1.54, 1.807) is 0 Å². The molecule has 116 valence electrons. The summed E-state index contributed by atoms with van der Waals surface area (Å²) in [6, 6.07) is 8.86. The standard InChI is InChI=1S/C18H29N3/c1-15(2)13-19-14-17-8-5-7-16-9-12-21(18(16)17)11-6-10-20(3)4/h5,7-9,12,15,19H,6,10-11,13-14H2,1-4H3. The van der Waals surface area contributed by atoms with Crippen molar-refractivity contribution in [2.75, 3.05) is 27.2 Å². The molecule has 0 aliphatic carbocycles. The zero-order chi connectivity index (χ0) is 15.2. The third kappa shape index (κ3) is 4.58. The number of aryl methyl sites for hydroxylation is 1. The summed E-state index contributed by atoms with van der Waals surface area (Å²) in [7, 11) is 4.27. The molecule has 3 nitrogen and oxygen atoms in total. The molecule has 1 heterocycles. The second kappa shape index (κ2) is 7.62. The summed E-state index contributed by atoms with van der Waals surface area (Å²) in [5.41, 5.74) is 2.80. The molecule has 0 unspecified atom stereocenters. The zero-order valence-corrected chi connectivity index (χ0v) is 13.9. The number of hydrogen-bond donors (Lipinski definition) is 1. The number of nitrogens with one attached hydrogen (secondary N) is 1. The van der Waals surface area contributed by atoms with Gasteiger partial charge in [-0.05, 0) is 56.5 Å². The van der Waals surface area contributed by atoms with Gasteiger partial charge in [-0.2, -0.15) is 0 Å². The Morgan fingerprint density at radius 3 is 2.71 bits per heavy atom. The largest absolute Gasteiger partial charge is 0.347 e. The molecule has 3 heteroatoms. The predicted octanol–water partition coefficient (Wildman–Crippen LogP) is 3.34. The quantitative estimate of drug-likeness (QED) is 0.803. The molecule has 0 aliphatic heterocycles. The van der Waals surface area contributed by atoms with Crippen LogP contribution in [0.3, 0.4) is 0 Å². The van der Waals surface area contributed by atoms with Crippen LogP contribution in [-0.4, -0.2) is 36.7 Å². The Bertz CT molecular complexity index is 555. The van der Waals surface area contributed by atoms with Gasteiger partial charge in [-0.1, -0.05) is 32.0 Å². The lowest BCUT2D eigenvalue weighted by molar-refractivity contribution is 0.388. The molecule has 0 amide bonds. The van der Waals surface area contributed by atoms with Crippen LogP contribution in [0, 0.1) is 5.92 Å². The maximum atomic E-state index is 3.56. The fourth-order valence-corrected chi connectivity index (χ4v) is 2.72. The van der Waals surface area contributed by atoms with Crippen molar-refractivity contribution in [1.82, 2.24) is 14.8 Å². The highest BCUT2D eigenvalue weighted by Gasteiger charge is 2.06. The smallest absolute Gasteiger partial charge is 0.0525 e. The Kier molecular flexibility index (Phi) is 5.83. The summed E-state index contributed by atoms with van der Waals surface area (Å²) in [6.07, 6.45) is 3.41. The molecule has 0 radical (unpaired) electrons. The Balaban J connectivity index is 2.11. The van der Waals surface area contributed by atoms with Gasteiger partial charge in [0.25, 0.3) is 0 Å². The molecule has 2 rings (SSSR count). The van der Waals surface area contributed by atoms with E-state index in [9.17, 15) is 0 Å². The summed E-state index contributed by atoms with van der Waals surface area (Å²) in [5, 5.41) is 4.91. The highest BCUT2D eigenvalue weighted by atomic mass is 15.1. The Morgan fingerprint density at radius 1 is 1.19 bits per heavy atom. The minimum Gasteiger partial charge on any atom is -0.347 e. The van der Waals surface area contributed by atoms with E-state index in [2.05, 4.69) is 73.2 Å². The predicted molar refractivity (Wildman–Crippen MR) is 91.7 cm³/mol. The summed E-state index contributed by atoms with van der Waals surface area (Å²) >= 11 is 0. The molecule has 1 N–H and O–H groups in total. The second-order valence-electron chi connectivity index (χ2n) is 6.55. The van der Waals surface area contributed by atoms with Gasteiger partial charge in [-0.3, -0.25) is 0 Å². The zero-order valence-electron chi connectivity index (χ0n) is 13.9. The van der Waals surface area contributed by atoms with Crippen LogP contribution >= 0.6 is 0 Å². The third-order valence-electron chi connectivity index (χ3n) is 3.74. The highest BCUT2D eigenvalue weighted by molar-refractivity contribution is 5.83. The van der Waals surface area contributed by atoms with Gasteiger partial charge < -0.3 is 14.8 Å². The molecule has 0 fully saturated rings. The molecular formula is C18H29N3. The van der Waals surface area contributed by atoms with Crippen LogP contribution in [0.25, 0.3) is 10.9 Å². The van der Waals surface area contributed by atoms with Gasteiger partial charge in [0.05, 0.1) is 5.52 Å². The van der Waals surface area contributed by atoms with Crippen LogP contribution in [0.5, 0.6) is 0 Å². The van der Waals surface area contributed by atoms with Crippen LogP contribution in [0.15, 0.2) is 30.5 Å². The van der Waals surface area contributed by atoms with Gasteiger partial charge in [-0.15, -0.1) is 0 Å². The van der Waals surface area contributed by atoms with E-state index in [4.69, 9.17) is 0 Å². The van der Waals surface area contributed by atoms with Crippen molar-refractivity contribution >= 4 is 10.9 Å². The molecule has 1 aromatic carbocycles. The van der Waals surface area contributed by atoms with E-state index >= 15 is 0 Å². The fourth-order valence-electron chi connectivity index (χ4n) is 2.72. The second-order valence-corrected chi connectivity index (χ2v) is 6.55. The van der Waals surface area contributed by atoms with E-state index in [0.717, 1.165) is 26.2 Å². The van der Waals surface area contributed by atoms with Crippen molar-refractivity contribution < 1.29 is 0 Å². The first-order valence-electron chi connectivity index (χ1n) is 8.00. The summed E-state index contributed by atoms with van der Waals surface area (Å²) in [6.45, 7) is 8.73. The lowest BCUT2D eigenvalue weighted by Crippen LogP contribution is -2.19. The monoisotopic (exact) mass is 287 g/mol. The minimum absolute atomic E-state index is 0.691. The van der Waals surface area contributed by atoms with Crippen LogP contribution in [0.1, 0.15) is 25.8 Å². The number of rotatable bonds is 8. The lowest BCUT2D eigenvalue weighted by atomic mass is 10.1. The van der Waals surface area contributed by atoms with Gasteiger partial charge in [0, 0.05) is 19.3 Å². The van der Waals surface area contributed by atoms with Crippen molar-refractivity contribution in [2.45, 2.75) is 33.4 Å². The van der Waals surface area contributed by atoms with Gasteiger partial charge >= 0.3 is 0 Å². The molecule has 0 atom stereocenters. The van der Waals surface area contributed by atoms with Crippen molar-refractivity contribution in [1.29, 1.82) is 0 Å².